The van der Waals surface area contributed by atoms with Crippen LogP contribution in [0.15, 0.2) is 29.8 Å². The predicted molar refractivity (Wildman–Crippen MR) is 71.0 cm³/mol. The first-order valence-corrected chi connectivity index (χ1v) is 5.69. The van der Waals surface area contributed by atoms with Crippen LogP contribution in [0.4, 0.5) is 0 Å². The maximum Gasteiger partial charge on any atom is 0.178 e. The van der Waals surface area contributed by atoms with Crippen molar-refractivity contribution in [2.45, 2.75) is 20.8 Å². The molecule has 0 radical (unpaired) electrons. The van der Waals surface area contributed by atoms with Crippen molar-refractivity contribution in [1.29, 1.82) is 5.26 Å². The Hall–Kier alpha value is -2.08. The Balaban J connectivity index is 3.13. The predicted octanol–water partition coefficient (Wildman–Crippen LogP) is 3.22. The lowest BCUT2D eigenvalue weighted by atomic mass is 9.86. The van der Waals surface area contributed by atoms with Crippen molar-refractivity contribution in [3.8, 4) is 11.8 Å². The second kappa shape index (κ2) is 5.50. The van der Waals surface area contributed by atoms with E-state index in [0.29, 0.717) is 5.75 Å². The van der Waals surface area contributed by atoms with Crippen molar-refractivity contribution in [2.24, 2.45) is 5.41 Å². The molecule has 0 aromatic heterocycles. The first kappa shape index (κ1) is 14.0. The van der Waals surface area contributed by atoms with Crippen molar-refractivity contribution in [3.63, 3.8) is 0 Å². The Morgan fingerprint density at radius 1 is 1.39 bits per heavy atom. The molecule has 1 rings (SSSR count). The minimum Gasteiger partial charge on any atom is -0.497 e. The van der Waals surface area contributed by atoms with Crippen LogP contribution < -0.4 is 4.74 Å². The Bertz CT molecular complexity index is 516. The number of hydrogen-bond donors (Lipinski definition) is 0. The molecule has 0 bridgehead atoms. The molecule has 3 heteroatoms. The zero-order valence-corrected chi connectivity index (χ0v) is 11.2. The molecule has 0 amide bonds. The van der Waals surface area contributed by atoms with Crippen molar-refractivity contribution < 1.29 is 9.53 Å². The molecule has 0 aliphatic carbocycles. The molecule has 94 valence electrons. The molecule has 3 nitrogen and oxygen atoms in total. The Morgan fingerprint density at radius 3 is 2.56 bits per heavy atom. The fraction of sp³-hybridized carbons (Fsp3) is 0.333. The SMILES string of the molecule is COc1cccc(/C=C(\C#N)C(=O)C(C)(C)C)c1. The first-order chi connectivity index (χ1) is 8.38. The molecule has 1 aromatic rings. The summed E-state index contributed by atoms with van der Waals surface area (Å²) in [7, 11) is 1.58. The third-order valence-corrected chi connectivity index (χ3v) is 2.45. The zero-order chi connectivity index (χ0) is 13.8. The Morgan fingerprint density at radius 2 is 2.06 bits per heavy atom. The number of allylic oxidation sites excluding steroid dienone is 1. The first-order valence-electron chi connectivity index (χ1n) is 5.69. The van der Waals surface area contributed by atoms with Gasteiger partial charge in [0.15, 0.2) is 5.78 Å². The summed E-state index contributed by atoms with van der Waals surface area (Å²) in [6.45, 7) is 5.39. The average Bonchev–Trinajstić information content (AvgIpc) is 2.34. The van der Waals surface area contributed by atoms with Gasteiger partial charge in [0, 0.05) is 5.41 Å². The van der Waals surface area contributed by atoms with E-state index in [4.69, 9.17) is 10.00 Å². The monoisotopic (exact) mass is 243 g/mol. The molecule has 1 aromatic carbocycles. The molecule has 0 fully saturated rings. The Labute approximate surface area is 108 Å². The lowest BCUT2D eigenvalue weighted by molar-refractivity contribution is -0.121. The van der Waals surface area contributed by atoms with Crippen molar-refractivity contribution in [1.82, 2.24) is 0 Å². The summed E-state index contributed by atoms with van der Waals surface area (Å²) < 4.78 is 5.10. The van der Waals surface area contributed by atoms with Gasteiger partial charge >= 0.3 is 0 Å². The summed E-state index contributed by atoms with van der Waals surface area (Å²) in [5.74, 6) is 0.539. The zero-order valence-electron chi connectivity index (χ0n) is 11.2. The molecule has 18 heavy (non-hydrogen) atoms. The van der Waals surface area contributed by atoms with E-state index in [-0.39, 0.29) is 11.4 Å². The smallest absolute Gasteiger partial charge is 0.178 e. The minimum absolute atomic E-state index is 0.159. The molecular formula is C15H17NO2. The van der Waals surface area contributed by atoms with Gasteiger partial charge in [0.1, 0.15) is 11.8 Å². The standard InChI is InChI=1S/C15H17NO2/c1-15(2,3)14(17)12(10-16)8-11-6-5-7-13(9-11)18-4/h5-9H,1-4H3/b12-8+. The number of benzene rings is 1. The van der Waals surface area contributed by atoms with Gasteiger partial charge in [-0.1, -0.05) is 32.9 Å². The molecular weight excluding hydrogens is 226 g/mol. The fourth-order valence-corrected chi connectivity index (χ4v) is 1.45. The summed E-state index contributed by atoms with van der Waals surface area (Å²) in [5.41, 5.74) is 0.389. The van der Waals surface area contributed by atoms with Crippen LogP contribution in [0.5, 0.6) is 5.75 Å². The number of ether oxygens (including phenoxy) is 1. The molecule has 0 spiro atoms. The quantitative estimate of drug-likeness (QED) is 0.605. The second-order valence-electron chi connectivity index (χ2n) is 5.03. The highest BCUT2D eigenvalue weighted by Gasteiger charge is 2.24. The van der Waals surface area contributed by atoms with Crippen LogP contribution in [-0.2, 0) is 4.79 Å². The van der Waals surface area contributed by atoms with E-state index in [1.807, 2.05) is 24.3 Å². The largest absolute Gasteiger partial charge is 0.497 e. The van der Waals surface area contributed by atoms with Gasteiger partial charge in [0.2, 0.25) is 0 Å². The lowest BCUT2D eigenvalue weighted by Gasteiger charge is -2.15. The van der Waals surface area contributed by atoms with Gasteiger partial charge in [0.05, 0.1) is 12.7 Å². The van der Waals surface area contributed by atoms with E-state index in [1.54, 1.807) is 40.0 Å². The number of carbonyl (C=O) groups excluding carboxylic acids is 1. The van der Waals surface area contributed by atoms with Crippen molar-refractivity contribution in [2.75, 3.05) is 7.11 Å². The van der Waals surface area contributed by atoms with Crippen molar-refractivity contribution >= 4 is 11.9 Å². The number of rotatable bonds is 3. The number of carbonyl (C=O) groups is 1. The maximum absolute atomic E-state index is 12.0. The van der Waals surface area contributed by atoms with Gasteiger partial charge < -0.3 is 4.74 Å². The van der Waals surface area contributed by atoms with Crippen LogP contribution >= 0.6 is 0 Å². The summed E-state index contributed by atoms with van der Waals surface area (Å²) >= 11 is 0. The number of nitrogens with zero attached hydrogens (tertiary/aromatic N) is 1. The molecule has 0 aliphatic heterocycles. The van der Waals surface area contributed by atoms with Crippen LogP contribution in [0, 0.1) is 16.7 Å². The molecule has 0 aliphatic rings. The molecule has 0 saturated heterocycles. The van der Waals surface area contributed by atoms with Crippen LogP contribution in [0.1, 0.15) is 26.3 Å². The second-order valence-corrected chi connectivity index (χ2v) is 5.03. The van der Waals surface area contributed by atoms with Crippen molar-refractivity contribution in [3.05, 3.63) is 35.4 Å². The average molecular weight is 243 g/mol. The highest BCUT2D eigenvalue weighted by molar-refractivity contribution is 6.06. The van der Waals surface area contributed by atoms with Gasteiger partial charge in [-0.2, -0.15) is 5.26 Å². The molecule has 0 heterocycles. The number of methoxy groups -OCH3 is 1. The van der Waals surface area contributed by atoms with E-state index in [1.165, 1.54) is 0 Å². The number of nitriles is 1. The third-order valence-electron chi connectivity index (χ3n) is 2.45. The molecule has 0 atom stereocenters. The van der Waals surface area contributed by atoms with Gasteiger partial charge in [-0.25, -0.2) is 0 Å². The van der Waals surface area contributed by atoms with E-state index in [9.17, 15) is 4.79 Å². The molecule has 0 saturated carbocycles. The highest BCUT2D eigenvalue weighted by atomic mass is 16.5. The van der Waals surface area contributed by atoms with E-state index >= 15 is 0 Å². The van der Waals surface area contributed by atoms with Crippen LogP contribution in [0.25, 0.3) is 6.08 Å². The number of hydrogen-bond acceptors (Lipinski definition) is 3. The van der Waals surface area contributed by atoms with Gasteiger partial charge in [-0.3, -0.25) is 4.79 Å². The normalized spacial score (nSPS) is 11.8. The van der Waals surface area contributed by atoms with Gasteiger partial charge in [-0.15, -0.1) is 0 Å². The van der Waals surface area contributed by atoms with E-state index in [0.717, 1.165) is 5.56 Å². The topological polar surface area (TPSA) is 50.1 Å². The van der Waals surface area contributed by atoms with Gasteiger partial charge in [0.25, 0.3) is 0 Å². The van der Waals surface area contributed by atoms with E-state index in [2.05, 4.69) is 0 Å². The molecule has 0 unspecified atom stereocenters. The highest BCUT2D eigenvalue weighted by Crippen LogP contribution is 2.22. The summed E-state index contributed by atoms with van der Waals surface area (Å²) in [6, 6.07) is 9.21. The van der Waals surface area contributed by atoms with Crippen LogP contribution in [-0.4, -0.2) is 12.9 Å². The summed E-state index contributed by atoms with van der Waals surface area (Å²) in [4.78, 5) is 12.0. The molecule has 0 N–H and O–H groups in total. The van der Waals surface area contributed by atoms with Gasteiger partial charge in [-0.05, 0) is 23.8 Å². The maximum atomic E-state index is 12.0. The minimum atomic E-state index is -0.555. The number of ketones is 1. The summed E-state index contributed by atoms with van der Waals surface area (Å²) in [6.07, 6.45) is 1.59. The summed E-state index contributed by atoms with van der Waals surface area (Å²) in [5, 5.41) is 9.08. The Kier molecular flexibility index (Phi) is 4.28. The fourth-order valence-electron chi connectivity index (χ4n) is 1.45. The number of Topliss-reactive ketones (excluding diaryl/α,β-unsaturated/α-hetero) is 1. The lowest BCUT2D eigenvalue weighted by Crippen LogP contribution is -2.21. The van der Waals surface area contributed by atoms with Crippen LogP contribution in [0.2, 0.25) is 0 Å². The third kappa shape index (κ3) is 3.46. The van der Waals surface area contributed by atoms with Crippen LogP contribution in [0.3, 0.4) is 0 Å². The van der Waals surface area contributed by atoms with E-state index < -0.39 is 5.41 Å².